The van der Waals surface area contributed by atoms with Crippen LogP contribution in [0.3, 0.4) is 0 Å². The Kier molecular flexibility index (Phi) is 5.51. The van der Waals surface area contributed by atoms with E-state index in [9.17, 15) is 4.79 Å². The molecule has 1 fully saturated rings. The number of likely N-dealkylation sites (tertiary alicyclic amines) is 1. The second-order valence-electron chi connectivity index (χ2n) is 6.44. The van der Waals surface area contributed by atoms with Gasteiger partial charge in [0.15, 0.2) is 5.15 Å². The minimum Gasteiger partial charge on any atom is -0.360 e. The molecule has 1 amide bonds. The van der Waals surface area contributed by atoms with Crippen LogP contribution < -0.4 is 0 Å². The molecule has 1 aliphatic rings. The Morgan fingerprint density at radius 3 is 3.08 bits per heavy atom. The Morgan fingerprint density at radius 2 is 2.33 bits per heavy atom. The van der Waals surface area contributed by atoms with E-state index in [-0.39, 0.29) is 5.91 Å². The molecule has 6 heteroatoms. The lowest BCUT2D eigenvalue weighted by Crippen LogP contribution is -2.40. The van der Waals surface area contributed by atoms with Gasteiger partial charge in [-0.3, -0.25) is 9.78 Å². The van der Waals surface area contributed by atoms with Crippen molar-refractivity contribution in [3.8, 4) is 0 Å². The molecule has 0 saturated carbocycles. The number of nitrogens with zero attached hydrogens (tertiary/aromatic N) is 3. The van der Waals surface area contributed by atoms with Crippen molar-refractivity contribution in [2.75, 3.05) is 13.1 Å². The topological polar surface area (TPSA) is 59.2 Å². The number of amides is 1. The summed E-state index contributed by atoms with van der Waals surface area (Å²) in [7, 11) is 0. The van der Waals surface area contributed by atoms with Gasteiger partial charge in [0.2, 0.25) is 5.91 Å². The number of piperidine rings is 1. The lowest BCUT2D eigenvalue weighted by atomic mass is 9.93. The number of hydrogen-bond donors (Lipinski definition) is 0. The fraction of sp³-hybridized carbons (Fsp3) is 0.500. The van der Waals surface area contributed by atoms with E-state index in [4.69, 9.17) is 16.1 Å². The molecule has 3 rings (SSSR count). The summed E-state index contributed by atoms with van der Waals surface area (Å²) >= 11 is 5.73. The number of aryl methyl sites for hydroxylation is 2. The van der Waals surface area contributed by atoms with E-state index in [1.807, 2.05) is 24.0 Å². The van der Waals surface area contributed by atoms with Crippen LogP contribution in [0.25, 0.3) is 0 Å². The zero-order chi connectivity index (χ0) is 16.9. The summed E-state index contributed by atoms with van der Waals surface area (Å²) in [5.74, 6) is 1.31. The van der Waals surface area contributed by atoms with Gasteiger partial charge in [-0.05, 0) is 44.2 Å². The molecule has 1 atom stereocenters. The van der Waals surface area contributed by atoms with Crippen LogP contribution in [0.4, 0.5) is 0 Å². The summed E-state index contributed by atoms with van der Waals surface area (Å²) in [6, 6.07) is 7.79. The van der Waals surface area contributed by atoms with Gasteiger partial charge >= 0.3 is 0 Å². The van der Waals surface area contributed by atoms with Gasteiger partial charge in [-0.2, -0.15) is 0 Å². The number of pyridine rings is 1. The average Bonchev–Trinajstić information content (AvgIpc) is 2.98. The predicted molar refractivity (Wildman–Crippen MR) is 91.8 cm³/mol. The summed E-state index contributed by atoms with van der Waals surface area (Å²) < 4.78 is 5.05. The molecule has 0 radical (unpaired) electrons. The van der Waals surface area contributed by atoms with E-state index in [1.54, 1.807) is 6.07 Å². The fourth-order valence-corrected chi connectivity index (χ4v) is 3.42. The molecule has 3 heterocycles. The van der Waals surface area contributed by atoms with E-state index >= 15 is 0 Å². The molecule has 0 unspecified atom stereocenters. The van der Waals surface area contributed by atoms with Crippen molar-refractivity contribution in [1.82, 2.24) is 15.0 Å². The van der Waals surface area contributed by atoms with E-state index in [0.29, 0.717) is 29.7 Å². The van der Waals surface area contributed by atoms with Crippen molar-refractivity contribution in [3.05, 3.63) is 46.6 Å². The minimum absolute atomic E-state index is 0.171. The van der Waals surface area contributed by atoms with Crippen LogP contribution in [-0.4, -0.2) is 34.0 Å². The maximum absolute atomic E-state index is 12.4. The first-order valence-corrected chi connectivity index (χ1v) is 8.79. The quantitative estimate of drug-likeness (QED) is 0.831. The number of aromatic nitrogens is 2. The van der Waals surface area contributed by atoms with Gasteiger partial charge in [-0.15, -0.1) is 0 Å². The number of hydrogen-bond acceptors (Lipinski definition) is 4. The normalized spacial score (nSPS) is 17.9. The molecule has 2 aromatic rings. The highest BCUT2D eigenvalue weighted by atomic mass is 35.5. The second kappa shape index (κ2) is 7.79. The first-order chi connectivity index (χ1) is 11.6. The highest BCUT2D eigenvalue weighted by molar-refractivity contribution is 6.29. The Hall–Kier alpha value is -1.88. The molecule has 0 bridgehead atoms. The number of rotatable bonds is 5. The summed E-state index contributed by atoms with van der Waals surface area (Å²) in [5, 5.41) is 3.97. The highest BCUT2D eigenvalue weighted by Crippen LogP contribution is 2.21. The molecule has 0 N–H and O–H groups in total. The number of carbonyl (C=O) groups excluding carboxylic acids is 1. The van der Waals surface area contributed by atoms with Gasteiger partial charge in [0.05, 0.1) is 0 Å². The molecule has 5 nitrogen and oxygen atoms in total. The largest absolute Gasteiger partial charge is 0.360 e. The summed E-state index contributed by atoms with van der Waals surface area (Å²) in [4.78, 5) is 19.0. The van der Waals surface area contributed by atoms with Crippen LogP contribution in [-0.2, 0) is 17.6 Å². The number of halogens is 1. The molecular formula is C18H22ClN3O2. The van der Waals surface area contributed by atoms with Crippen molar-refractivity contribution in [3.63, 3.8) is 0 Å². The molecule has 1 aliphatic heterocycles. The molecule has 0 spiro atoms. The van der Waals surface area contributed by atoms with Crippen molar-refractivity contribution >= 4 is 17.5 Å². The molecular weight excluding hydrogens is 326 g/mol. The van der Waals surface area contributed by atoms with E-state index in [1.165, 1.54) is 0 Å². The van der Waals surface area contributed by atoms with Crippen molar-refractivity contribution in [2.45, 2.75) is 39.0 Å². The third-order valence-electron chi connectivity index (χ3n) is 4.43. The monoisotopic (exact) mass is 347 g/mol. The van der Waals surface area contributed by atoms with Gasteiger partial charge in [0.25, 0.3) is 0 Å². The van der Waals surface area contributed by atoms with Gasteiger partial charge in [-0.1, -0.05) is 22.8 Å². The van der Waals surface area contributed by atoms with Gasteiger partial charge in [0, 0.05) is 43.4 Å². The maximum atomic E-state index is 12.4. The number of carbonyl (C=O) groups is 1. The zero-order valence-corrected chi connectivity index (χ0v) is 14.6. The van der Waals surface area contributed by atoms with Crippen LogP contribution in [0, 0.1) is 12.8 Å². The molecule has 0 aliphatic carbocycles. The molecule has 0 aromatic carbocycles. The molecule has 128 valence electrons. The van der Waals surface area contributed by atoms with E-state index in [2.05, 4.69) is 16.2 Å². The zero-order valence-electron chi connectivity index (χ0n) is 13.9. The lowest BCUT2D eigenvalue weighted by molar-refractivity contribution is -0.133. The Balaban J connectivity index is 1.51. The Labute approximate surface area is 147 Å². The molecule has 1 saturated heterocycles. The Bertz CT molecular complexity index is 701. The maximum Gasteiger partial charge on any atom is 0.223 e. The SMILES string of the molecule is Cc1cccc(C[C@@H]2CCCN(C(=O)CCc3cc(Cl)no3)C2)n1. The van der Waals surface area contributed by atoms with Crippen LogP contribution >= 0.6 is 11.6 Å². The molecule has 24 heavy (non-hydrogen) atoms. The van der Waals surface area contributed by atoms with Gasteiger partial charge < -0.3 is 9.42 Å². The average molecular weight is 348 g/mol. The first kappa shape index (κ1) is 17.0. The lowest BCUT2D eigenvalue weighted by Gasteiger charge is -2.32. The van der Waals surface area contributed by atoms with Gasteiger partial charge in [0.1, 0.15) is 5.76 Å². The highest BCUT2D eigenvalue weighted by Gasteiger charge is 2.24. The summed E-state index contributed by atoms with van der Waals surface area (Å²) in [6.45, 7) is 3.66. The summed E-state index contributed by atoms with van der Waals surface area (Å²) in [6.07, 6.45) is 4.11. The van der Waals surface area contributed by atoms with Crippen molar-refractivity contribution in [1.29, 1.82) is 0 Å². The van der Waals surface area contributed by atoms with Crippen molar-refractivity contribution < 1.29 is 9.32 Å². The van der Waals surface area contributed by atoms with E-state index < -0.39 is 0 Å². The van der Waals surface area contributed by atoms with E-state index in [0.717, 1.165) is 43.7 Å². The van der Waals surface area contributed by atoms with Crippen LogP contribution in [0.2, 0.25) is 5.15 Å². The summed E-state index contributed by atoms with van der Waals surface area (Å²) in [5.41, 5.74) is 2.16. The van der Waals surface area contributed by atoms with Crippen molar-refractivity contribution in [2.24, 2.45) is 5.92 Å². The van der Waals surface area contributed by atoms with Crippen LogP contribution in [0.1, 0.15) is 36.4 Å². The third kappa shape index (κ3) is 4.57. The van der Waals surface area contributed by atoms with Crippen LogP contribution in [0.15, 0.2) is 28.8 Å². The van der Waals surface area contributed by atoms with Gasteiger partial charge in [-0.25, -0.2) is 0 Å². The first-order valence-electron chi connectivity index (χ1n) is 8.41. The fourth-order valence-electron chi connectivity index (χ4n) is 3.26. The van der Waals surface area contributed by atoms with Crippen LogP contribution in [0.5, 0.6) is 0 Å². The third-order valence-corrected chi connectivity index (χ3v) is 4.61. The minimum atomic E-state index is 0.171. The smallest absolute Gasteiger partial charge is 0.223 e. The standard InChI is InChI=1S/C18H22ClN3O2/c1-13-4-2-6-15(20-13)10-14-5-3-9-22(12-14)18(23)8-7-16-11-17(19)21-24-16/h2,4,6,11,14H,3,5,7-10,12H2,1H3/t14-/m0/s1. The Morgan fingerprint density at radius 1 is 1.46 bits per heavy atom. The second-order valence-corrected chi connectivity index (χ2v) is 6.83. The predicted octanol–water partition coefficient (Wildman–Crippen LogP) is 3.45. The molecule has 2 aromatic heterocycles.